The summed E-state index contributed by atoms with van der Waals surface area (Å²) in [4.78, 5) is 27.3. The average Bonchev–Trinajstić information content (AvgIpc) is 3.14. The first-order chi connectivity index (χ1) is 16.9. The molecule has 3 aromatic rings. The summed E-state index contributed by atoms with van der Waals surface area (Å²) in [5.74, 6) is -1.46. The highest BCUT2D eigenvalue weighted by Crippen LogP contribution is 2.37. The second-order valence-electron chi connectivity index (χ2n) is 8.45. The number of hydrogen-bond donors (Lipinski definition) is 3. The van der Waals surface area contributed by atoms with Crippen LogP contribution < -0.4 is 21.1 Å². The van der Waals surface area contributed by atoms with Gasteiger partial charge in [0.2, 0.25) is 0 Å². The molecule has 0 aliphatic carbocycles. The molecule has 8 nitrogen and oxygen atoms in total. The van der Waals surface area contributed by atoms with Crippen molar-refractivity contribution < 1.29 is 27.8 Å². The Hall–Kier alpha value is -2.89. The summed E-state index contributed by atoms with van der Waals surface area (Å²) in [6.07, 6.45) is -0.675. The predicted molar refractivity (Wildman–Crippen MR) is 136 cm³/mol. The van der Waals surface area contributed by atoms with Crippen LogP contribution in [0.1, 0.15) is 45.3 Å². The zero-order valence-corrected chi connectivity index (χ0v) is 21.9. The molecule has 2 aromatic carbocycles. The minimum atomic E-state index is -0.859. The van der Waals surface area contributed by atoms with Gasteiger partial charge >= 0.3 is 12.1 Å². The van der Waals surface area contributed by atoms with Gasteiger partial charge in [-0.15, -0.1) is 0 Å². The minimum absolute atomic E-state index is 0.105. The van der Waals surface area contributed by atoms with Gasteiger partial charge in [0.25, 0.3) is 0 Å². The van der Waals surface area contributed by atoms with Crippen molar-refractivity contribution in [2.24, 2.45) is 5.73 Å². The van der Waals surface area contributed by atoms with Gasteiger partial charge in [-0.05, 0) is 45.7 Å². The zero-order chi connectivity index (χ0) is 26.6. The number of urea groups is 1. The molecule has 1 aromatic heterocycles. The largest absolute Gasteiger partial charge is 0.483 e. The van der Waals surface area contributed by atoms with E-state index in [1.807, 2.05) is 0 Å². The molecule has 194 valence electrons. The number of fused-ring (bicyclic) bond motifs is 1. The molecule has 0 radical (unpaired) electrons. The number of nitrogens with two attached hydrogens (primary N) is 1. The first kappa shape index (κ1) is 27.7. The second-order valence-corrected chi connectivity index (χ2v) is 10.3. The van der Waals surface area contributed by atoms with Crippen molar-refractivity contribution in [2.45, 2.75) is 45.3 Å². The molecule has 0 spiro atoms. The van der Waals surface area contributed by atoms with Crippen LogP contribution in [0.5, 0.6) is 5.75 Å². The molecule has 0 aliphatic rings. The molecule has 4 N–H and O–H groups in total. The van der Waals surface area contributed by atoms with Gasteiger partial charge in [-0.3, -0.25) is 5.32 Å². The number of halogens is 4. The summed E-state index contributed by atoms with van der Waals surface area (Å²) in [6.45, 7) is 5.33. The lowest BCUT2D eigenvalue weighted by Crippen LogP contribution is -2.34. The lowest BCUT2D eigenvalue weighted by Gasteiger charge is -2.23. The number of rotatable bonds is 9. The van der Waals surface area contributed by atoms with E-state index in [9.17, 15) is 18.4 Å². The number of carbonyl (C=O) groups excluding carboxylic acids is 2. The lowest BCUT2D eigenvalue weighted by atomic mass is 10.0. The SMILES string of the molecule is CC(Oc1cc2sc(NC(=O)NCCCC(C)(C)OC(N)=O)nc2cc1F)c1c(Cl)ccc(F)c1Cl. The van der Waals surface area contributed by atoms with Gasteiger partial charge in [0.15, 0.2) is 16.7 Å². The number of thiazole rings is 1. The quantitative estimate of drug-likeness (QED) is 0.196. The number of aromatic nitrogens is 1. The first-order valence-electron chi connectivity index (χ1n) is 10.8. The van der Waals surface area contributed by atoms with E-state index >= 15 is 0 Å². The van der Waals surface area contributed by atoms with Gasteiger partial charge in [0, 0.05) is 29.3 Å². The van der Waals surface area contributed by atoms with Crippen molar-refractivity contribution in [3.8, 4) is 5.75 Å². The predicted octanol–water partition coefficient (Wildman–Crippen LogP) is 6.80. The fourth-order valence-electron chi connectivity index (χ4n) is 3.42. The van der Waals surface area contributed by atoms with Crippen LogP contribution in [-0.4, -0.2) is 29.3 Å². The van der Waals surface area contributed by atoms with Crippen molar-refractivity contribution in [1.29, 1.82) is 0 Å². The van der Waals surface area contributed by atoms with E-state index in [1.54, 1.807) is 20.8 Å². The maximum absolute atomic E-state index is 14.7. The Bertz CT molecular complexity index is 1290. The molecule has 0 fully saturated rings. The molecule has 13 heteroatoms. The van der Waals surface area contributed by atoms with E-state index < -0.39 is 35.5 Å². The summed E-state index contributed by atoms with van der Waals surface area (Å²) in [7, 11) is 0. The Morgan fingerprint density at radius 2 is 1.94 bits per heavy atom. The van der Waals surface area contributed by atoms with Crippen LogP contribution in [0, 0.1) is 11.6 Å². The van der Waals surface area contributed by atoms with Crippen molar-refractivity contribution in [3.63, 3.8) is 0 Å². The molecular weight excluding hydrogens is 537 g/mol. The standard InChI is InChI=1S/C23H24Cl2F2N4O4S/c1-11(18-12(24)5-6-13(26)19(18)25)34-16-10-17-15(9-14(16)27)30-22(36-17)31-21(33)29-8-4-7-23(2,3)35-20(28)32/h5-6,9-11H,4,7-8H2,1-3H3,(H2,28,32)(H2,29,30,31,33). The highest BCUT2D eigenvalue weighted by atomic mass is 35.5. The van der Waals surface area contributed by atoms with Crippen LogP contribution in [0.25, 0.3) is 10.2 Å². The summed E-state index contributed by atoms with van der Waals surface area (Å²) < 4.78 is 39.8. The number of benzene rings is 2. The Morgan fingerprint density at radius 3 is 2.64 bits per heavy atom. The lowest BCUT2D eigenvalue weighted by molar-refractivity contribution is 0.0378. The van der Waals surface area contributed by atoms with Gasteiger partial charge < -0.3 is 20.5 Å². The van der Waals surface area contributed by atoms with Crippen LogP contribution in [0.15, 0.2) is 24.3 Å². The third-order valence-electron chi connectivity index (χ3n) is 5.07. The Morgan fingerprint density at radius 1 is 1.22 bits per heavy atom. The summed E-state index contributed by atoms with van der Waals surface area (Å²) >= 11 is 13.3. The van der Waals surface area contributed by atoms with Gasteiger partial charge in [-0.2, -0.15) is 0 Å². The smallest absolute Gasteiger partial charge is 0.405 e. The van der Waals surface area contributed by atoms with E-state index in [-0.39, 0.29) is 26.5 Å². The number of hydrogen-bond acceptors (Lipinski definition) is 6. The Balaban J connectivity index is 1.63. The molecule has 1 unspecified atom stereocenters. The van der Waals surface area contributed by atoms with Gasteiger partial charge in [-0.25, -0.2) is 23.4 Å². The van der Waals surface area contributed by atoms with E-state index in [4.69, 9.17) is 38.4 Å². The number of anilines is 1. The average molecular weight is 561 g/mol. The van der Waals surface area contributed by atoms with E-state index in [1.165, 1.54) is 18.2 Å². The number of nitrogens with one attached hydrogen (secondary N) is 2. The molecule has 1 atom stereocenters. The maximum atomic E-state index is 14.7. The number of nitrogens with zero attached hydrogens (tertiary/aromatic N) is 1. The molecule has 0 saturated carbocycles. The molecule has 3 amide bonds. The van der Waals surface area contributed by atoms with Crippen LogP contribution in [0.4, 0.5) is 23.5 Å². The second kappa shape index (κ2) is 11.4. The van der Waals surface area contributed by atoms with E-state index in [0.717, 1.165) is 17.4 Å². The monoisotopic (exact) mass is 560 g/mol. The molecule has 0 aliphatic heterocycles. The Kier molecular flexibility index (Phi) is 8.80. The normalized spacial score (nSPS) is 12.3. The third kappa shape index (κ3) is 7.08. The molecule has 1 heterocycles. The van der Waals surface area contributed by atoms with Gasteiger partial charge in [-0.1, -0.05) is 34.5 Å². The van der Waals surface area contributed by atoms with Crippen molar-refractivity contribution in [2.75, 3.05) is 11.9 Å². The maximum Gasteiger partial charge on any atom is 0.405 e. The van der Waals surface area contributed by atoms with Crippen LogP contribution in [0.3, 0.4) is 0 Å². The summed E-state index contributed by atoms with van der Waals surface area (Å²) in [5.41, 5.74) is 4.81. The van der Waals surface area contributed by atoms with Crippen molar-refractivity contribution >= 4 is 62.0 Å². The van der Waals surface area contributed by atoms with E-state index in [2.05, 4.69) is 15.6 Å². The molecule has 36 heavy (non-hydrogen) atoms. The molecule has 0 bridgehead atoms. The zero-order valence-electron chi connectivity index (χ0n) is 19.6. The number of amides is 3. The fourth-order valence-corrected chi connectivity index (χ4v) is 4.97. The third-order valence-corrected chi connectivity index (χ3v) is 6.72. The Labute approximate surface area is 220 Å². The fraction of sp³-hybridized carbons (Fsp3) is 0.348. The summed E-state index contributed by atoms with van der Waals surface area (Å²) in [6, 6.07) is 4.59. The van der Waals surface area contributed by atoms with E-state index in [0.29, 0.717) is 29.6 Å². The van der Waals surface area contributed by atoms with Crippen molar-refractivity contribution in [3.05, 3.63) is 51.5 Å². The minimum Gasteiger partial charge on any atom is -0.483 e. The van der Waals surface area contributed by atoms with Crippen LogP contribution in [0.2, 0.25) is 10.0 Å². The highest BCUT2D eigenvalue weighted by Gasteiger charge is 2.22. The number of primary amides is 1. The topological polar surface area (TPSA) is 116 Å². The van der Waals surface area contributed by atoms with Gasteiger partial charge in [0.05, 0.1) is 15.2 Å². The van der Waals surface area contributed by atoms with Crippen LogP contribution in [-0.2, 0) is 4.74 Å². The first-order valence-corrected chi connectivity index (χ1v) is 12.4. The summed E-state index contributed by atoms with van der Waals surface area (Å²) in [5, 5.41) is 5.52. The molecule has 0 saturated heterocycles. The number of ether oxygens (including phenoxy) is 2. The molecule has 3 rings (SSSR count). The van der Waals surface area contributed by atoms with Crippen LogP contribution >= 0.6 is 34.5 Å². The van der Waals surface area contributed by atoms with Gasteiger partial charge in [0.1, 0.15) is 17.5 Å². The van der Waals surface area contributed by atoms with Crippen molar-refractivity contribution in [1.82, 2.24) is 10.3 Å². The number of carbonyl (C=O) groups is 2. The highest BCUT2D eigenvalue weighted by molar-refractivity contribution is 7.22. The molecular formula is C23H24Cl2F2N4O4S.